The molecule has 0 amide bonds. The number of aromatic carboxylic acids is 2. The summed E-state index contributed by atoms with van der Waals surface area (Å²) in [7, 11) is 0. The summed E-state index contributed by atoms with van der Waals surface area (Å²) in [5.74, 6) is -2.69. The van der Waals surface area contributed by atoms with Gasteiger partial charge in [-0.3, -0.25) is 20.2 Å². The van der Waals surface area contributed by atoms with E-state index >= 15 is 0 Å². The van der Waals surface area contributed by atoms with E-state index in [4.69, 9.17) is 0 Å². The van der Waals surface area contributed by atoms with Crippen LogP contribution in [0.5, 0.6) is 0 Å². The molecule has 0 fully saturated rings. The van der Waals surface area contributed by atoms with E-state index in [9.17, 15) is 40.0 Å². The number of carbonyl (C=O) groups is 2. The first-order valence-electron chi connectivity index (χ1n) is 8.99. The van der Waals surface area contributed by atoms with E-state index in [2.05, 4.69) is 19.9 Å². The average Bonchev–Trinajstić information content (AvgIpc) is 3.59. The van der Waals surface area contributed by atoms with Gasteiger partial charge < -0.3 is 40.7 Å². The number of nitro benzene ring substituents is 2. The smallest absolute Gasteiger partial charge is 0.545 e. The van der Waals surface area contributed by atoms with E-state index in [0.29, 0.717) is 0 Å². The topological polar surface area (TPSA) is 290 Å². The van der Waals surface area contributed by atoms with Crippen molar-refractivity contribution in [2.24, 2.45) is 0 Å². The summed E-state index contributed by atoms with van der Waals surface area (Å²) < 4.78 is 0. The maximum atomic E-state index is 10.2. The van der Waals surface area contributed by atoms with Crippen LogP contribution in [0.25, 0.3) is 0 Å². The maximum Gasteiger partial charge on any atom is 2.00 e. The Labute approximate surface area is 218 Å². The van der Waals surface area contributed by atoms with Gasteiger partial charge >= 0.3 is 16.8 Å². The summed E-state index contributed by atoms with van der Waals surface area (Å²) in [5.41, 5.74) is -0.416. The largest absolute Gasteiger partial charge is 2.00 e. The van der Waals surface area contributed by atoms with Crippen molar-refractivity contribution in [3.8, 4) is 0 Å². The van der Waals surface area contributed by atoms with Crippen molar-refractivity contribution in [2.75, 3.05) is 0 Å². The van der Waals surface area contributed by atoms with Gasteiger partial charge in [0.05, 0.1) is 34.4 Å². The molecule has 0 saturated heterocycles. The Morgan fingerprint density at radius 1 is 0.649 bits per heavy atom. The van der Waals surface area contributed by atoms with E-state index in [1.807, 2.05) is 0 Å². The molecule has 0 aliphatic carbocycles. The fourth-order valence-corrected chi connectivity index (χ4v) is 1.87. The van der Waals surface area contributed by atoms with Gasteiger partial charge in [0, 0.05) is 49.1 Å². The third-order valence-electron chi connectivity index (χ3n) is 3.44. The number of imidazole rings is 2. The molecule has 0 saturated carbocycles. The minimum atomic E-state index is -1.34. The molecule has 17 heteroatoms. The molecule has 1 radical (unpaired) electrons. The maximum absolute atomic E-state index is 10.2. The van der Waals surface area contributed by atoms with Gasteiger partial charge in [-0.05, 0) is 35.4 Å². The van der Waals surface area contributed by atoms with Crippen LogP contribution in [-0.2, 0) is 27.7 Å². The number of H-pyrrole nitrogens is 2. The van der Waals surface area contributed by atoms with Crippen LogP contribution >= 0.6 is 0 Å². The van der Waals surface area contributed by atoms with Crippen molar-refractivity contribution in [1.29, 1.82) is 0 Å². The minimum Gasteiger partial charge on any atom is -0.545 e. The normalized spacial score (nSPS) is 8.22. The van der Waals surface area contributed by atoms with Crippen LogP contribution in [0.4, 0.5) is 11.4 Å². The van der Waals surface area contributed by atoms with Crippen LogP contribution < -0.4 is 10.2 Å². The van der Waals surface area contributed by atoms with Gasteiger partial charge in [-0.1, -0.05) is 0 Å². The molecule has 2 aromatic carbocycles. The van der Waals surface area contributed by atoms with Crippen molar-refractivity contribution < 1.29 is 57.4 Å². The Bertz CT molecular complexity index is 961. The number of nitrogens with one attached hydrogen (secondary N) is 2. The molecule has 0 atom stereocenters. The van der Waals surface area contributed by atoms with Gasteiger partial charge in [-0.15, -0.1) is 0 Å². The third-order valence-corrected chi connectivity index (χ3v) is 3.44. The van der Waals surface area contributed by atoms with Crippen molar-refractivity contribution in [3.05, 3.63) is 117 Å². The van der Waals surface area contributed by atoms with Crippen molar-refractivity contribution in [3.63, 3.8) is 0 Å². The number of aromatic nitrogens is 4. The van der Waals surface area contributed by atoms with Crippen LogP contribution in [0.1, 0.15) is 20.7 Å². The predicted molar refractivity (Wildman–Crippen MR) is 122 cm³/mol. The molecule has 0 spiro atoms. The Morgan fingerprint density at radius 2 is 0.946 bits per heavy atom. The van der Waals surface area contributed by atoms with Crippen LogP contribution in [0.3, 0.4) is 0 Å². The number of hydrogen-bond donors (Lipinski definition) is 2. The first-order chi connectivity index (χ1) is 16.2. The zero-order valence-corrected chi connectivity index (χ0v) is 19.7. The summed E-state index contributed by atoms with van der Waals surface area (Å²) >= 11 is 0. The molecule has 0 aliphatic rings. The number of hydrogen-bond acceptors (Lipinski definition) is 10. The quantitative estimate of drug-likeness (QED) is 0.171. The monoisotopic (exact) mass is 565 g/mol. The summed E-state index contributed by atoms with van der Waals surface area (Å²) in [5, 5.41) is 40.7. The second kappa shape index (κ2) is 20.4. The Hall–Kier alpha value is -4.97. The molecule has 0 unspecified atom stereocenters. The van der Waals surface area contributed by atoms with Gasteiger partial charge in [0.15, 0.2) is 0 Å². The third kappa shape index (κ3) is 15.5. The van der Waals surface area contributed by atoms with E-state index in [0.717, 1.165) is 48.5 Å². The van der Waals surface area contributed by atoms with Crippen LogP contribution in [0, 0.1) is 20.2 Å². The second-order valence-electron chi connectivity index (χ2n) is 5.70. The van der Waals surface area contributed by atoms with E-state index in [-0.39, 0.29) is 50.2 Å². The minimum absolute atomic E-state index is 0. The SMILES string of the molecule is O=C([O-])c1ccc([N+](=O)[O-])cc1.O=C([O-])c1ccc([N+](=O)[O-])cc1.[Co+2].[OH3+].[OH3+].c1c[nH]cn1.c1c[nH]cn1. The molecule has 2 aromatic heterocycles. The molecule has 2 heterocycles. The number of benzene rings is 2. The first-order valence-corrected chi connectivity index (χ1v) is 8.99. The van der Waals surface area contributed by atoms with Crippen molar-refractivity contribution >= 4 is 23.3 Å². The van der Waals surface area contributed by atoms with E-state index < -0.39 is 21.8 Å². The standard InChI is InChI=1S/2C7H5NO4.2C3H4N2.Co.2H2O/c2*9-7(10)5-1-3-6(4-2-5)8(11)12;2*1-2-5-3-4-1;;;/h2*1-4H,(H,9,10);2*1-3H,(H,4,5);;2*1H2/q;;;;+2;;. The van der Waals surface area contributed by atoms with Crippen LogP contribution in [0.2, 0.25) is 0 Å². The molecule has 37 heavy (non-hydrogen) atoms. The molecular weight excluding hydrogens is 543 g/mol. The Kier molecular flexibility index (Phi) is 20.2. The molecule has 4 rings (SSSR count). The molecule has 0 aliphatic heterocycles. The number of carboxylic acids is 2. The molecule has 0 bridgehead atoms. The van der Waals surface area contributed by atoms with E-state index in [1.54, 1.807) is 37.4 Å². The van der Waals surface area contributed by atoms with Crippen molar-refractivity contribution in [1.82, 2.24) is 19.9 Å². The zero-order valence-electron chi connectivity index (χ0n) is 18.6. The van der Waals surface area contributed by atoms with Gasteiger partial charge in [-0.2, -0.15) is 0 Å². The van der Waals surface area contributed by atoms with Gasteiger partial charge in [-0.25, -0.2) is 9.97 Å². The number of carboxylic acid groups (broad SMARTS) is 2. The van der Waals surface area contributed by atoms with Gasteiger partial charge in [0.25, 0.3) is 11.4 Å². The number of carbonyl (C=O) groups excluding carboxylic acids is 2. The average molecular weight is 565 g/mol. The van der Waals surface area contributed by atoms with Crippen LogP contribution in [0.15, 0.2) is 86.0 Å². The van der Waals surface area contributed by atoms with Crippen molar-refractivity contribution in [2.45, 2.75) is 0 Å². The zero-order chi connectivity index (χ0) is 25.3. The molecule has 4 aromatic rings. The number of nitro groups is 2. The van der Waals surface area contributed by atoms with Gasteiger partial charge in [0.2, 0.25) is 0 Å². The van der Waals surface area contributed by atoms with E-state index in [1.165, 1.54) is 0 Å². The number of non-ortho nitro benzene ring substituents is 2. The number of rotatable bonds is 4. The summed E-state index contributed by atoms with van der Waals surface area (Å²) in [6, 6.07) is 8.99. The summed E-state index contributed by atoms with van der Waals surface area (Å²) in [6.45, 7) is 0. The molecule has 199 valence electrons. The number of nitrogens with zero attached hydrogens (tertiary/aromatic N) is 4. The Morgan fingerprint density at radius 3 is 1.08 bits per heavy atom. The van der Waals surface area contributed by atoms with Crippen LogP contribution in [-0.4, -0.2) is 41.7 Å². The molecule has 16 nitrogen and oxygen atoms in total. The van der Waals surface area contributed by atoms with Gasteiger partial charge in [0.1, 0.15) is 0 Å². The molecular formula is C20H22CoN6O10+2. The fraction of sp³-hybridized carbons (Fsp3) is 0. The summed E-state index contributed by atoms with van der Waals surface area (Å²) in [4.78, 5) is 52.3. The second-order valence-corrected chi connectivity index (χ2v) is 5.70. The first kappa shape index (κ1) is 36.6. The fourth-order valence-electron chi connectivity index (χ4n) is 1.87. The number of aromatic amines is 2. The Balaban J connectivity index is -0.000000433. The molecule has 8 N–H and O–H groups in total. The predicted octanol–water partition coefficient (Wildman–Crippen LogP) is -1.11. The summed E-state index contributed by atoms with van der Waals surface area (Å²) in [6.07, 6.45) is 10.2.